The van der Waals surface area contributed by atoms with Crippen LogP contribution < -0.4 is 10.5 Å². The molecule has 0 spiro atoms. The van der Waals surface area contributed by atoms with Gasteiger partial charge in [0.05, 0.1) is 16.5 Å². The first-order valence-electron chi connectivity index (χ1n) is 7.04. The molecule has 3 N–H and O–H groups in total. The highest BCUT2D eigenvalue weighted by atomic mass is 35.5. The molecule has 0 atom stereocenters. The van der Waals surface area contributed by atoms with E-state index in [1.54, 1.807) is 12.1 Å². The third-order valence-electron chi connectivity index (χ3n) is 3.11. The summed E-state index contributed by atoms with van der Waals surface area (Å²) >= 11 is 5.55. The van der Waals surface area contributed by atoms with Crippen LogP contribution in [0, 0.1) is 0 Å². The largest absolute Gasteiger partial charge is 0.386 e. The Kier molecular flexibility index (Phi) is 6.15. The number of nitrogens with two attached hydrogens (primary N) is 1. The van der Waals surface area contributed by atoms with Gasteiger partial charge >= 0.3 is 0 Å². The highest BCUT2D eigenvalue weighted by Gasteiger charge is 2.13. The summed E-state index contributed by atoms with van der Waals surface area (Å²) in [4.78, 5) is 4.24. The molecule has 122 valence electrons. The Bertz CT molecular complexity index is 760. The number of halogens is 1. The average molecular weight is 352 g/mol. The molecule has 23 heavy (non-hydrogen) atoms. The molecule has 0 amide bonds. The minimum absolute atomic E-state index is 0.126. The van der Waals surface area contributed by atoms with Crippen molar-refractivity contribution in [1.82, 2.24) is 4.72 Å². The fraction of sp³-hybridized carbons (Fsp3) is 0.188. The lowest BCUT2D eigenvalue weighted by Crippen LogP contribution is -2.25. The van der Waals surface area contributed by atoms with E-state index in [4.69, 9.17) is 17.3 Å². The number of aliphatic imine (C=N–C) groups is 1. The van der Waals surface area contributed by atoms with Gasteiger partial charge in [0, 0.05) is 6.54 Å². The van der Waals surface area contributed by atoms with Crippen LogP contribution in [0.15, 0.2) is 64.5 Å². The zero-order valence-corrected chi connectivity index (χ0v) is 14.0. The lowest BCUT2D eigenvalue weighted by molar-refractivity contribution is 0.581. The van der Waals surface area contributed by atoms with Crippen molar-refractivity contribution in [2.45, 2.75) is 11.3 Å². The maximum Gasteiger partial charge on any atom is 0.240 e. The van der Waals surface area contributed by atoms with E-state index in [9.17, 15) is 8.42 Å². The number of nitrogens with one attached hydrogen (secondary N) is 1. The first-order valence-corrected chi connectivity index (χ1v) is 9.06. The van der Waals surface area contributed by atoms with Crippen LogP contribution in [-0.4, -0.2) is 26.7 Å². The second-order valence-corrected chi connectivity index (χ2v) is 6.90. The average Bonchev–Trinajstić information content (AvgIpc) is 2.56. The summed E-state index contributed by atoms with van der Waals surface area (Å²) in [6.45, 7) is 0.339. The van der Waals surface area contributed by atoms with Crippen LogP contribution in [0.25, 0.3) is 0 Å². The molecule has 0 aliphatic heterocycles. The van der Waals surface area contributed by atoms with E-state index in [2.05, 4.69) is 9.71 Å². The number of amidine groups is 1. The summed E-state index contributed by atoms with van der Waals surface area (Å²) in [5.41, 5.74) is 7.18. The van der Waals surface area contributed by atoms with E-state index < -0.39 is 10.0 Å². The lowest BCUT2D eigenvalue weighted by Gasteiger charge is -2.07. The first kappa shape index (κ1) is 17.5. The van der Waals surface area contributed by atoms with Gasteiger partial charge in [-0.2, -0.15) is 0 Å². The summed E-state index contributed by atoms with van der Waals surface area (Å²) in [5, 5.41) is 0. The molecular formula is C16H18ClN3O2S. The van der Waals surface area contributed by atoms with Crippen molar-refractivity contribution in [3.8, 4) is 0 Å². The summed E-state index contributed by atoms with van der Waals surface area (Å²) in [6.07, 6.45) is 0.634. The quantitative estimate of drug-likeness (QED) is 0.456. The highest BCUT2D eigenvalue weighted by molar-refractivity contribution is 7.89. The van der Waals surface area contributed by atoms with Gasteiger partial charge in [0.1, 0.15) is 5.84 Å². The van der Waals surface area contributed by atoms with Gasteiger partial charge in [-0.1, -0.05) is 30.3 Å². The molecular weight excluding hydrogens is 334 g/mol. The zero-order valence-electron chi connectivity index (χ0n) is 12.4. The molecule has 2 aromatic rings. The molecule has 5 nitrogen and oxygen atoms in total. The molecule has 2 rings (SSSR count). The molecule has 0 saturated carbocycles. The van der Waals surface area contributed by atoms with E-state index in [1.807, 2.05) is 30.3 Å². The van der Waals surface area contributed by atoms with Crippen molar-refractivity contribution in [3.05, 3.63) is 60.2 Å². The topological polar surface area (TPSA) is 84.5 Å². The molecule has 0 aliphatic carbocycles. The zero-order chi connectivity index (χ0) is 16.7. The van der Waals surface area contributed by atoms with Crippen LogP contribution in [0.2, 0.25) is 0 Å². The van der Waals surface area contributed by atoms with E-state index in [1.165, 1.54) is 12.1 Å². The van der Waals surface area contributed by atoms with Crippen LogP contribution >= 0.6 is 11.6 Å². The second kappa shape index (κ2) is 8.10. The second-order valence-electron chi connectivity index (χ2n) is 4.86. The third kappa shape index (κ3) is 5.35. The van der Waals surface area contributed by atoms with Gasteiger partial charge in [0.15, 0.2) is 0 Å². The Labute approximate surface area is 141 Å². The summed E-state index contributed by atoms with van der Waals surface area (Å²) in [6, 6.07) is 15.9. The fourth-order valence-corrected chi connectivity index (χ4v) is 3.04. The minimum atomic E-state index is -3.54. The van der Waals surface area contributed by atoms with Crippen LogP contribution in [0.3, 0.4) is 0 Å². The van der Waals surface area contributed by atoms with Crippen molar-refractivity contribution in [2.24, 2.45) is 10.7 Å². The van der Waals surface area contributed by atoms with Crippen molar-refractivity contribution >= 4 is 33.1 Å². The number of hydrogen-bond acceptors (Lipinski definition) is 3. The summed E-state index contributed by atoms with van der Waals surface area (Å²) in [7, 11) is -3.54. The number of sulfonamides is 1. The SMILES string of the molecule is NC(CCl)=Nc1ccc(S(=O)(=O)NCCc2ccccc2)cc1. The number of benzene rings is 2. The van der Waals surface area contributed by atoms with Crippen LogP contribution in [0.1, 0.15) is 5.56 Å². The van der Waals surface area contributed by atoms with E-state index >= 15 is 0 Å². The lowest BCUT2D eigenvalue weighted by atomic mass is 10.2. The van der Waals surface area contributed by atoms with Crippen molar-refractivity contribution in [1.29, 1.82) is 0 Å². The van der Waals surface area contributed by atoms with Gasteiger partial charge in [0.2, 0.25) is 10.0 Å². The predicted octanol–water partition coefficient (Wildman–Crippen LogP) is 2.44. The Morgan fingerprint density at radius 2 is 1.74 bits per heavy atom. The van der Waals surface area contributed by atoms with Crippen LogP contribution in [0.5, 0.6) is 0 Å². The Balaban J connectivity index is 1.99. The Hall–Kier alpha value is -1.89. The van der Waals surface area contributed by atoms with Gasteiger partial charge in [-0.25, -0.2) is 18.1 Å². The molecule has 0 bridgehead atoms. The molecule has 0 saturated heterocycles. The molecule has 0 radical (unpaired) electrons. The Morgan fingerprint density at radius 3 is 2.35 bits per heavy atom. The van der Waals surface area contributed by atoms with Crippen LogP contribution in [0.4, 0.5) is 5.69 Å². The predicted molar refractivity (Wildman–Crippen MR) is 93.8 cm³/mol. The molecule has 0 fully saturated rings. The maximum absolute atomic E-state index is 12.2. The number of rotatable bonds is 7. The molecule has 0 unspecified atom stereocenters. The van der Waals surface area contributed by atoms with Gasteiger partial charge in [0.25, 0.3) is 0 Å². The van der Waals surface area contributed by atoms with Gasteiger partial charge in [-0.3, -0.25) is 0 Å². The Morgan fingerprint density at radius 1 is 1.09 bits per heavy atom. The standard InChI is InChI=1S/C16H18ClN3O2S/c17-12-16(18)20-14-6-8-15(9-7-14)23(21,22)19-11-10-13-4-2-1-3-5-13/h1-9,19H,10-12H2,(H2,18,20). The number of nitrogens with zero attached hydrogens (tertiary/aromatic N) is 1. The van der Waals surface area contributed by atoms with Crippen LogP contribution in [-0.2, 0) is 16.4 Å². The van der Waals surface area contributed by atoms with Gasteiger partial charge < -0.3 is 5.73 Å². The number of hydrogen-bond donors (Lipinski definition) is 2. The minimum Gasteiger partial charge on any atom is -0.386 e. The molecule has 0 heterocycles. The smallest absolute Gasteiger partial charge is 0.240 e. The van der Waals surface area contributed by atoms with Crippen molar-refractivity contribution in [2.75, 3.05) is 12.4 Å². The fourth-order valence-electron chi connectivity index (χ4n) is 1.95. The van der Waals surface area contributed by atoms with E-state index in [-0.39, 0.29) is 16.6 Å². The highest BCUT2D eigenvalue weighted by Crippen LogP contribution is 2.16. The molecule has 2 aromatic carbocycles. The van der Waals surface area contributed by atoms with Gasteiger partial charge in [-0.05, 0) is 36.2 Å². The first-order chi connectivity index (χ1) is 11.0. The van der Waals surface area contributed by atoms with Crippen molar-refractivity contribution < 1.29 is 8.42 Å². The van der Waals surface area contributed by atoms with Gasteiger partial charge in [-0.15, -0.1) is 11.6 Å². The maximum atomic E-state index is 12.2. The third-order valence-corrected chi connectivity index (χ3v) is 4.86. The van der Waals surface area contributed by atoms with Crippen molar-refractivity contribution in [3.63, 3.8) is 0 Å². The van der Waals surface area contributed by atoms with E-state index in [0.29, 0.717) is 18.7 Å². The normalized spacial score (nSPS) is 12.3. The molecule has 0 aliphatic rings. The summed E-state index contributed by atoms with van der Waals surface area (Å²) < 4.78 is 27.0. The van der Waals surface area contributed by atoms with E-state index in [0.717, 1.165) is 5.56 Å². The summed E-state index contributed by atoms with van der Waals surface area (Å²) in [5.74, 6) is 0.407. The molecule has 7 heteroatoms. The molecule has 0 aromatic heterocycles. The number of alkyl halides is 1. The monoisotopic (exact) mass is 351 g/mol.